The average molecular weight is 475 g/mol. The van der Waals surface area contributed by atoms with E-state index < -0.39 is 0 Å². The van der Waals surface area contributed by atoms with E-state index in [4.69, 9.17) is 4.98 Å². The van der Waals surface area contributed by atoms with Crippen LogP contribution in [0.3, 0.4) is 0 Å². The molecule has 186 valence electrons. The van der Waals surface area contributed by atoms with Gasteiger partial charge in [-0.1, -0.05) is 43.5 Å². The number of carbonyl (C=O) groups excluding carboxylic acids is 1. The van der Waals surface area contributed by atoms with E-state index in [0.29, 0.717) is 6.04 Å². The van der Waals surface area contributed by atoms with E-state index in [-0.39, 0.29) is 6.03 Å². The molecule has 3 heterocycles. The van der Waals surface area contributed by atoms with Crippen LogP contribution in [-0.2, 0) is 6.54 Å². The van der Waals surface area contributed by atoms with Gasteiger partial charge in [-0.05, 0) is 54.7 Å². The quantitative estimate of drug-likeness (QED) is 0.584. The molecule has 7 nitrogen and oxygen atoms in total. The van der Waals surface area contributed by atoms with Gasteiger partial charge in [-0.15, -0.1) is 0 Å². The third-order valence-electron chi connectivity index (χ3n) is 7.33. The molecule has 0 radical (unpaired) electrons. The zero-order valence-electron chi connectivity index (χ0n) is 20.6. The zero-order valence-corrected chi connectivity index (χ0v) is 20.6. The minimum absolute atomic E-state index is 0.0878. The molecule has 2 aliphatic heterocycles. The fraction of sp³-hybridized carbons (Fsp3) is 0.500. The van der Waals surface area contributed by atoms with E-state index >= 15 is 0 Å². The van der Waals surface area contributed by atoms with Crippen LogP contribution in [-0.4, -0.2) is 61.2 Å². The summed E-state index contributed by atoms with van der Waals surface area (Å²) in [5, 5.41) is 9.57. The van der Waals surface area contributed by atoms with Crippen molar-refractivity contribution >= 4 is 23.1 Å². The summed E-state index contributed by atoms with van der Waals surface area (Å²) in [4.78, 5) is 22.2. The first kappa shape index (κ1) is 23.8. The smallest absolute Gasteiger partial charge is 0.319 e. The predicted octanol–water partition coefficient (Wildman–Crippen LogP) is 4.23. The number of aromatic nitrogens is 1. The van der Waals surface area contributed by atoms with Crippen LogP contribution in [0.1, 0.15) is 49.8 Å². The van der Waals surface area contributed by atoms with Crippen LogP contribution < -0.4 is 20.9 Å². The molecule has 3 aliphatic rings. The highest BCUT2D eigenvalue weighted by molar-refractivity contribution is 5.89. The van der Waals surface area contributed by atoms with E-state index in [1.165, 1.54) is 30.4 Å². The third-order valence-corrected chi connectivity index (χ3v) is 7.33. The maximum Gasteiger partial charge on any atom is 0.319 e. The van der Waals surface area contributed by atoms with Gasteiger partial charge < -0.3 is 20.9 Å². The van der Waals surface area contributed by atoms with E-state index in [9.17, 15) is 4.79 Å². The van der Waals surface area contributed by atoms with Gasteiger partial charge in [-0.3, -0.25) is 4.90 Å². The first-order valence-electron chi connectivity index (χ1n) is 13.2. The first-order chi connectivity index (χ1) is 17.2. The zero-order chi connectivity index (χ0) is 23.9. The molecule has 35 heavy (non-hydrogen) atoms. The third kappa shape index (κ3) is 6.61. The molecule has 1 saturated carbocycles. The molecule has 2 aromatic rings. The molecule has 0 bridgehead atoms. The minimum atomic E-state index is -0.0878. The number of nitrogens with one attached hydrogen (secondary N) is 3. The van der Waals surface area contributed by atoms with Crippen molar-refractivity contribution in [2.45, 2.75) is 51.1 Å². The fourth-order valence-corrected chi connectivity index (χ4v) is 5.36. The number of hydrogen-bond acceptors (Lipinski definition) is 5. The fourth-order valence-electron chi connectivity index (χ4n) is 5.36. The van der Waals surface area contributed by atoms with Crippen LogP contribution >= 0.6 is 0 Å². The monoisotopic (exact) mass is 474 g/mol. The largest absolute Gasteiger partial charge is 0.354 e. The second kappa shape index (κ2) is 11.7. The SMILES string of the molecule is O=C(Nc1cccc(CN2CC=C(c3cccc(N4CCNCC4)n3)CC2)c1)NC1CCCCC1. The van der Waals surface area contributed by atoms with Crippen molar-refractivity contribution in [3.63, 3.8) is 0 Å². The Hall–Kier alpha value is -2.90. The Morgan fingerprint density at radius 1 is 1.03 bits per heavy atom. The molecule has 5 rings (SSSR count). The summed E-state index contributed by atoms with van der Waals surface area (Å²) in [6.45, 7) is 6.85. The summed E-state index contributed by atoms with van der Waals surface area (Å²) >= 11 is 0. The van der Waals surface area contributed by atoms with Crippen LogP contribution in [0.4, 0.5) is 16.3 Å². The Balaban J connectivity index is 1.15. The van der Waals surface area contributed by atoms with E-state index in [0.717, 1.165) is 82.3 Å². The normalized spacial score (nSPS) is 19.8. The van der Waals surface area contributed by atoms with Crippen molar-refractivity contribution in [2.24, 2.45) is 0 Å². The highest BCUT2D eigenvalue weighted by atomic mass is 16.2. The number of piperazine rings is 1. The Morgan fingerprint density at radius 3 is 2.66 bits per heavy atom. The Morgan fingerprint density at radius 2 is 1.86 bits per heavy atom. The summed E-state index contributed by atoms with van der Waals surface area (Å²) in [5.74, 6) is 1.09. The van der Waals surface area contributed by atoms with Gasteiger partial charge in [0.2, 0.25) is 0 Å². The Bertz CT molecular complexity index is 1030. The molecule has 0 unspecified atom stereocenters. The second-order valence-corrected chi connectivity index (χ2v) is 9.97. The van der Waals surface area contributed by atoms with Gasteiger partial charge in [0, 0.05) is 57.5 Å². The molecule has 1 saturated heterocycles. The van der Waals surface area contributed by atoms with Gasteiger partial charge in [-0.25, -0.2) is 9.78 Å². The lowest BCUT2D eigenvalue weighted by molar-refractivity contribution is 0.244. The van der Waals surface area contributed by atoms with Gasteiger partial charge in [-0.2, -0.15) is 0 Å². The van der Waals surface area contributed by atoms with Crippen LogP contribution in [0, 0.1) is 0 Å². The first-order valence-corrected chi connectivity index (χ1v) is 13.2. The minimum Gasteiger partial charge on any atom is -0.354 e. The molecule has 2 fully saturated rings. The molecule has 0 spiro atoms. The topological polar surface area (TPSA) is 72.5 Å². The van der Waals surface area contributed by atoms with Gasteiger partial charge >= 0.3 is 6.03 Å². The van der Waals surface area contributed by atoms with E-state index in [1.807, 2.05) is 12.1 Å². The summed E-state index contributed by atoms with van der Waals surface area (Å²) in [6.07, 6.45) is 9.22. The number of rotatable bonds is 6. The lowest BCUT2D eigenvalue weighted by Crippen LogP contribution is -2.43. The maximum atomic E-state index is 12.4. The van der Waals surface area contributed by atoms with Gasteiger partial charge in [0.1, 0.15) is 5.82 Å². The molecule has 1 aromatic heterocycles. The van der Waals surface area contributed by atoms with Crippen molar-refractivity contribution in [2.75, 3.05) is 49.5 Å². The van der Waals surface area contributed by atoms with E-state index in [1.54, 1.807) is 0 Å². The number of hydrogen-bond donors (Lipinski definition) is 3. The summed E-state index contributed by atoms with van der Waals surface area (Å²) in [5.41, 5.74) is 4.53. The van der Waals surface area contributed by atoms with Gasteiger partial charge in [0.05, 0.1) is 5.69 Å². The molecule has 2 amide bonds. The number of carbonyl (C=O) groups is 1. The highest BCUT2D eigenvalue weighted by Crippen LogP contribution is 2.25. The average Bonchev–Trinajstić information content (AvgIpc) is 2.90. The second-order valence-electron chi connectivity index (χ2n) is 9.97. The van der Waals surface area contributed by atoms with Crippen molar-refractivity contribution in [3.8, 4) is 0 Å². The van der Waals surface area contributed by atoms with Crippen molar-refractivity contribution in [3.05, 3.63) is 59.8 Å². The molecular formula is C28H38N6O. The Kier molecular flexibility index (Phi) is 7.96. The predicted molar refractivity (Wildman–Crippen MR) is 143 cm³/mol. The van der Waals surface area contributed by atoms with Gasteiger partial charge in [0.15, 0.2) is 0 Å². The molecule has 1 aromatic carbocycles. The highest BCUT2D eigenvalue weighted by Gasteiger charge is 2.18. The maximum absolute atomic E-state index is 12.4. The van der Waals surface area contributed by atoms with Crippen molar-refractivity contribution < 1.29 is 4.79 Å². The van der Waals surface area contributed by atoms with Gasteiger partial charge in [0.25, 0.3) is 0 Å². The number of anilines is 2. The molecule has 0 atom stereocenters. The number of amides is 2. The summed E-state index contributed by atoms with van der Waals surface area (Å²) in [6, 6.07) is 14.9. The van der Waals surface area contributed by atoms with Crippen molar-refractivity contribution in [1.82, 2.24) is 20.5 Å². The van der Waals surface area contributed by atoms with E-state index in [2.05, 4.69) is 62.2 Å². The Labute approximate surface area is 209 Å². The molecule has 1 aliphatic carbocycles. The lowest BCUT2D eigenvalue weighted by atomic mass is 9.96. The van der Waals surface area contributed by atoms with Crippen molar-refractivity contribution in [1.29, 1.82) is 0 Å². The lowest BCUT2D eigenvalue weighted by Gasteiger charge is -2.29. The number of nitrogens with zero attached hydrogens (tertiary/aromatic N) is 3. The van der Waals surface area contributed by atoms with Crippen LogP contribution in [0.5, 0.6) is 0 Å². The summed E-state index contributed by atoms with van der Waals surface area (Å²) < 4.78 is 0. The molecule has 3 N–H and O–H groups in total. The van der Waals surface area contributed by atoms with Crippen LogP contribution in [0.2, 0.25) is 0 Å². The van der Waals surface area contributed by atoms with Crippen LogP contribution in [0.15, 0.2) is 48.5 Å². The standard InChI is InChI=1S/C28H38N6O/c35-28(30-24-7-2-1-3-8-24)31-25-9-4-6-22(20-25)21-33-16-12-23(13-17-33)26-10-5-11-27(32-26)34-18-14-29-15-19-34/h4-6,9-12,20,24,29H,1-3,7-8,13-19,21H2,(H2,30,31,35). The van der Waals surface area contributed by atoms with Crippen LogP contribution in [0.25, 0.3) is 5.57 Å². The number of urea groups is 1. The number of benzene rings is 1. The molecular weight excluding hydrogens is 436 g/mol. The number of pyridine rings is 1. The summed E-state index contributed by atoms with van der Waals surface area (Å²) in [7, 11) is 0. The molecule has 7 heteroatoms.